The second kappa shape index (κ2) is 2.68. The van der Waals surface area contributed by atoms with Crippen molar-refractivity contribution in [3.8, 4) is 0 Å². The van der Waals surface area contributed by atoms with Gasteiger partial charge in [0.2, 0.25) is 0 Å². The molecule has 0 aliphatic carbocycles. The fourth-order valence-corrected chi connectivity index (χ4v) is 1.18. The highest BCUT2D eigenvalue weighted by atomic mass is 15.2. The molecule has 1 aliphatic heterocycles. The van der Waals surface area contributed by atoms with E-state index in [1.165, 1.54) is 5.71 Å². The van der Waals surface area contributed by atoms with Crippen LogP contribution in [0.3, 0.4) is 0 Å². The minimum Gasteiger partial charge on any atom is -0.163 e. The molecule has 0 aromatic rings. The zero-order valence-electron chi connectivity index (χ0n) is 8.68. The van der Waals surface area contributed by atoms with Crippen LogP contribution in [0.2, 0.25) is 0 Å². The number of rotatable bonds is 0. The zero-order chi connectivity index (χ0) is 9.41. The van der Waals surface area contributed by atoms with Crippen molar-refractivity contribution in [2.24, 2.45) is 21.0 Å². The molecule has 0 bridgehead atoms. The molecule has 1 aliphatic rings. The van der Waals surface area contributed by atoms with Crippen LogP contribution in [0.1, 0.15) is 41.0 Å². The summed E-state index contributed by atoms with van der Waals surface area (Å²) in [6.45, 7) is 10.9. The summed E-state index contributed by atoms with van der Waals surface area (Å²) in [7, 11) is 0. The van der Waals surface area contributed by atoms with E-state index >= 15 is 0 Å². The maximum atomic E-state index is 4.18. The van der Waals surface area contributed by atoms with Crippen molar-refractivity contribution in [1.82, 2.24) is 0 Å². The molecular weight excluding hydrogens is 148 g/mol. The summed E-state index contributed by atoms with van der Waals surface area (Å²) in [5.74, 6) is 0. The van der Waals surface area contributed by atoms with Crippen LogP contribution in [-0.2, 0) is 0 Å². The van der Waals surface area contributed by atoms with E-state index in [1.807, 2.05) is 6.21 Å². The Morgan fingerprint density at radius 2 is 1.92 bits per heavy atom. The van der Waals surface area contributed by atoms with Gasteiger partial charge in [0, 0.05) is 22.8 Å². The predicted octanol–water partition coefficient (Wildman–Crippen LogP) is 2.89. The highest BCUT2D eigenvalue weighted by Gasteiger charge is 2.28. The van der Waals surface area contributed by atoms with Crippen molar-refractivity contribution in [1.29, 1.82) is 0 Å². The summed E-state index contributed by atoms with van der Waals surface area (Å²) in [5.41, 5.74) is 1.55. The molecule has 0 N–H and O–H groups in total. The third kappa shape index (κ3) is 2.16. The zero-order valence-corrected chi connectivity index (χ0v) is 8.68. The fourth-order valence-electron chi connectivity index (χ4n) is 1.18. The van der Waals surface area contributed by atoms with Crippen LogP contribution in [0.15, 0.2) is 10.2 Å². The van der Waals surface area contributed by atoms with E-state index in [4.69, 9.17) is 0 Å². The molecule has 1 heterocycles. The first-order valence-electron chi connectivity index (χ1n) is 4.43. The molecule has 0 saturated carbocycles. The van der Waals surface area contributed by atoms with E-state index in [-0.39, 0.29) is 10.8 Å². The van der Waals surface area contributed by atoms with Gasteiger partial charge in [-0.15, -0.1) is 0 Å². The molecule has 0 radical (unpaired) electrons. The molecule has 0 saturated heterocycles. The second-order valence-electron chi connectivity index (χ2n) is 5.21. The molecule has 2 heteroatoms. The Morgan fingerprint density at radius 3 is 2.25 bits per heavy atom. The van der Waals surface area contributed by atoms with Crippen LogP contribution < -0.4 is 0 Å². The third-order valence-corrected chi connectivity index (χ3v) is 2.07. The number of nitrogens with zero attached hydrogens (tertiary/aromatic N) is 2. The Balaban J connectivity index is 2.84. The fraction of sp³-hybridized carbons (Fsp3) is 0.800. The van der Waals surface area contributed by atoms with Crippen LogP contribution in [0, 0.1) is 10.8 Å². The van der Waals surface area contributed by atoms with Gasteiger partial charge < -0.3 is 0 Å². The molecule has 0 atom stereocenters. The van der Waals surface area contributed by atoms with Crippen molar-refractivity contribution in [2.75, 3.05) is 0 Å². The van der Waals surface area contributed by atoms with Gasteiger partial charge in [-0.1, -0.05) is 34.6 Å². The quantitative estimate of drug-likeness (QED) is 0.528. The van der Waals surface area contributed by atoms with Crippen LogP contribution in [0.4, 0.5) is 0 Å². The van der Waals surface area contributed by atoms with Crippen LogP contribution in [0.25, 0.3) is 0 Å². The van der Waals surface area contributed by atoms with E-state index in [2.05, 4.69) is 44.8 Å². The van der Waals surface area contributed by atoms with Gasteiger partial charge in [0.15, 0.2) is 0 Å². The van der Waals surface area contributed by atoms with Gasteiger partial charge in [0.1, 0.15) is 0 Å². The molecule has 68 valence electrons. The molecule has 1 rings (SSSR count). The molecule has 0 aromatic heterocycles. The summed E-state index contributed by atoms with van der Waals surface area (Å²) >= 11 is 0. The second-order valence-corrected chi connectivity index (χ2v) is 5.21. The van der Waals surface area contributed by atoms with Crippen LogP contribution in [-0.4, -0.2) is 11.9 Å². The summed E-state index contributed by atoms with van der Waals surface area (Å²) in [6.07, 6.45) is 2.96. The molecule has 0 aromatic carbocycles. The predicted molar refractivity (Wildman–Crippen MR) is 53.8 cm³/mol. The Hall–Kier alpha value is -0.660. The standard InChI is InChI=1S/C10H18N2/c1-9(2,3)8-6-10(4,5)7-11-12-8/h7H,6H2,1-5H3. The molecule has 0 unspecified atom stereocenters. The Kier molecular flexibility index (Phi) is 2.11. The Bertz CT molecular complexity index is 229. The van der Waals surface area contributed by atoms with Crippen molar-refractivity contribution in [2.45, 2.75) is 41.0 Å². The molecule has 0 spiro atoms. The van der Waals surface area contributed by atoms with Gasteiger partial charge in [0.05, 0.1) is 0 Å². The summed E-state index contributed by atoms with van der Waals surface area (Å²) in [5, 5.41) is 8.22. The van der Waals surface area contributed by atoms with E-state index < -0.39 is 0 Å². The van der Waals surface area contributed by atoms with Crippen molar-refractivity contribution >= 4 is 11.9 Å². The third-order valence-electron chi connectivity index (χ3n) is 2.07. The number of hydrogen-bond acceptors (Lipinski definition) is 2. The van der Waals surface area contributed by atoms with Crippen LogP contribution >= 0.6 is 0 Å². The van der Waals surface area contributed by atoms with Crippen molar-refractivity contribution < 1.29 is 0 Å². The average Bonchev–Trinajstić information content (AvgIpc) is 1.83. The first kappa shape index (κ1) is 9.43. The van der Waals surface area contributed by atoms with Gasteiger partial charge in [-0.2, -0.15) is 10.2 Å². The minimum absolute atomic E-state index is 0.162. The monoisotopic (exact) mass is 166 g/mol. The van der Waals surface area contributed by atoms with E-state index in [9.17, 15) is 0 Å². The maximum Gasteiger partial charge on any atom is 0.0468 e. The molecular formula is C10H18N2. The molecule has 2 nitrogen and oxygen atoms in total. The van der Waals surface area contributed by atoms with E-state index in [0.29, 0.717) is 0 Å². The number of hydrogen-bond donors (Lipinski definition) is 0. The summed E-state index contributed by atoms with van der Waals surface area (Å²) < 4.78 is 0. The largest absolute Gasteiger partial charge is 0.163 e. The summed E-state index contributed by atoms with van der Waals surface area (Å²) in [6, 6.07) is 0. The lowest BCUT2D eigenvalue weighted by Crippen LogP contribution is -2.30. The molecule has 12 heavy (non-hydrogen) atoms. The van der Waals surface area contributed by atoms with Gasteiger partial charge >= 0.3 is 0 Å². The van der Waals surface area contributed by atoms with Gasteiger partial charge in [-0.05, 0) is 6.42 Å². The Labute approximate surface area is 74.8 Å². The smallest absolute Gasteiger partial charge is 0.0468 e. The van der Waals surface area contributed by atoms with Gasteiger partial charge in [0.25, 0.3) is 0 Å². The molecule has 0 fully saturated rings. The first-order chi connectivity index (χ1) is 5.31. The topological polar surface area (TPSA) is 24.7 Å². The normalized spacial score (nSPS) is 22.2. The van der Waals surface area contributed by atoms with Gasteiger partial charge in [-0.3, -0.25) is 0 Å². The van der Waals surface area contributed by atoms with Crippen molar-refractivity contribution in [3.05, 3.63) is 0 Å². The lowest BCUT2D eigenvalue weighted by atomic mass is 9.78. The molecule has 0 amide bonds. The van der Waals surface area contributed by atoms with E-state index in [1.54, 1.807) is 0 Å². The minimum atomic E-state index is 0.162. The highest BCUT2D eigenvalue weighted by Crippen LogP contribution is 2.29. The Morgan fingerprint density at radius 1 is 1.33 bits per heavy atom. The van der Waals surface area contributed by atoms with Crippen LogP contribution in [0.5, 0.6) is 0 Å². The van der Waals surface area contributed by atoms with Crippen molar-refractivity contribution in [3.63, 3.8) is 0 Å². The average molecular weight is 166 g/mol. The highest BCUT2D eigenvalue weighted by molar-refractivity contribution is 5.93. The maximum absolute atomic E-state index is 4.18. The van der Waals surface area contributed by atoms with E-state index in [0.717, 1.165) is 6.42 Å². The lowest BCUT2D eigenvalue weighted by Gasteiger charge is -2.29. The first-order valence-corrected chi connectivity index (χ1v) is 4.43. The SMILES string of the molecule is CC1(C)C=NN=C(C(C)(C)C)C1. The van der Waals surface area contributed by atoms with Gasteiger partial charge in [-0.25, -0.2) is 0 Å². The lowest BCUT2D eigenvalue weighted by molar-refractivity contribution is 0.494. The summed E-state index contributed by atoms with van der Waals surface area (Å²) in [4.78, 5) is 0.